The van der Waals surface area contributed by atoms with E-state index in [1.807, 2.05) is 0 Å². The largest absolute Gasteiger partial charge is 0.0689 e. The zero-order valence-electron chi connectivity index (χ0n) is 31.8. The van der Waals surface area contributed by atoms with Crippen molar-refractivity contribution in [2.45, 2.75) is 175 Å². The Labute approximate surface area is 282 Å². The number of hydrogen-bond acceptors (Lipinski definition) is 0. The van der Waals surface area contributed by atoms with Crippen LogP contribution in [0.4, 0.5) is 0 Å². The summed E-state index contributed by atoms with van der Waals surface area (Å²) in [5, 5.41) is 0. The van der Waals surface area contributed by atoms with Gasteiger partial charge in [0.2, 0.25) is 0 Å². The summed E-state index contributed by atoms with van der Waals surface area (Å²) in [5.41, 5.74) is 6.01. The molecule has 254 valence electrons. The molecule has 0 radical (unpaired) electrons. The summed E-state index contributed by atoms with van der Waals surface area (Å²) < 4.78 is 0. The van der Waals surface area contributed by atoms with E-state index in [-0.39, 0.29) is 5.41 Å². The summed E-state index contributed by atoms with van der Waals surface area (Å²) >= 11 is 0. The molecule has 0 bridgehead atoms. The van der Waals surface area contributed by atoms with Crippen LogP contribution in [-0.4, -0.2) is 8.07 Å². The molecular formula is C44H74Si. The van der Waals surface area contributed by atoms with Gasteiger partial charge in [0.1, 0.15) is 0 Å². The smallest absolute Gasteiger partial charge is 0.0547 e. The second-order valence-electron chi connectivity index (χ2n) is 20.9. The third-order valence-corrected chi connectivity index (χ3v) is 21.2. The summed E-state index contributed by atoms with van der Waals surface area (Å²) in [7, 11) is -1.52. The average molecular weight is 631 g/mol. The quantitative estimate of drug-likeness (QED) is 0.284. The van der Waals surface area contributed by atoms with E-state index in [1.54, 1.807) is 24.8 Å². The molecule has 0 aromatic heterocycles. The van der Waals surface area contributed by atoms with E-state index in [4.69, 9.17) is 0 Å². The van der Waals surface area contributed by atoms with E-state index in [2.05, 4.69) is 99.7 Å². The van der Waals surface area contributed by atoms with Gasteiger partial charge in [-0.1, -0.05) is 125 Å². The Balaban J connectivity index is 1.23. The topological polar surface area (TPSA) is 0 Å². The molecule has 5 saturated carbocycles. The summed E-state index contributed by atoms with van der Waals surface area (Å²) in [6, 6.07) is 10.0. The minimum absolute atomic E-state index is 0.240. The molecule has 5 aliphatic rings. The second-order valence-corrected chi connectivity index (χ2v) is 25.8. The fourth-order valence-electron chi connectivity index (χ4n) is 13.9. The Kier molecular flexibility index (Phi) is 9.69. The van der Waals surface area contributed by atoms with Crippen LogP contribution in [0, 0.1) is 64.6 Å². The van der Waals surface area contributed by atoms with Crippen molar-refractivity contribution in [3.63, 3.8) is 0 Å². The monoisotopic (exact) mass is 631 g/mol. The van der Waals surface area contributed by atoms with Crippen molar-refractivity contribution >= 4 is 8.07 Å². The molecule has 0 aliphatic heterocycles. The van der Waals surface area contributed by atoms with Crippen LogP contribution in [0.5, 0.6) is 0 Å². The number of fused-ring (bicyclic) bond motifs is 2. The van der Waals surface area contributed by atoms with Crippen molar-refractivity contribution in [1.29, 1.82) is 0 Å². The van der Waals surface area contributed by atoms with Crippen LogP contribution < -0.4 is 0 Å². The molecule has 10 atom stereocenters. The van der Waals surface area contributed by atoms with Crippen molar-refractivity contribution < 1.29 is 0 Å². The maximum absolute atomic E-state index is 2.96. The van der Waals surface area contributed by atoms with Crippen LogP contribution >= 0.6 is 0 Å². The highest BCUT2D eigenvalue weighted by Gasteiger charge is 2.61. The first-order chi connectivity index (χ1) is 21.1. The van der Waals surface area contributed by atoms with Gasteiger partial charge >= 0.3 is 0 Å². The van der Waals surface area contributed by atoms with Gasteiger partial charge in [-0.15, -0.1) is 0 Å². The molecule has 1 aromatic carbocycles. The normalized spacial score (nSPS) is 41.2. The molecule has 0 nitrogen and oxygen atoms in total. The Morgan fingerprint density at radius 2 is 1.22 bits per heavy atom. The van der Waals surface area contributed by atoms with Gasteiger partial charge in [-0.05, 0) is 150 Å². The van der Waals surface area contributed by atoms with E-state index < -0.39 is 8.07 Å². The highest BCUT2D eigenvalue weighted by molar-refractivity contribution is 6.80. The first kappa shape index (κ1) is 34.3. The number of hydrogen-bond donors (Lipinski definition) is 0. The summed E-state index contributed by atoms with van der Waals surface area (Å²) in [6.45, 7) is 28.5. The first-order valence-electron chi connectivity index (χ1n) is 20.2. The first-order valence-corrected chi connectivity index (χ1v) is 23.3. The van der Waals surface area contributed by atoms with Crippen molar-refractivity contribution in [1.82, 2.24) is 0 Å². The predicted molar refractivity (Wildman–Crippen MR) is 200 cm³/mol. The molecular weight excluding hydrogens is 557 g/mol. The fraction of sp³-hybridized carbons (Fsp3) is 0.864. The SMILES string of the molecule is CC(C)C1CC2C(c3ccc(C(C)(C)C)cc3)CCCC2C1[Si](C)(C)C1C(C)CC2C(C3CCC(C(C)(C)C)CC3)CCCC21. The summed E-state index contributed by atoms with van der Waals surface area (Å²) in [6.07, 6.45) is 18.3. The van der Waals surface area contributed by atoms with Crippen molar-refractivity contribution in [3.8, 4) is 0 Å². The highest BCUT2D eigenvalue weighted by Crippen LogP contribution is 2.68. The molecule has 0 amide bonds. The Bertz CT molecular complexity index is 1120. The van der Waals surface area contributed by atoms with Gasteiger partial charge in [0.15, 0.2) is 0 Å². The summed E-state index contributed by atoms with van der Waals surface area (Å²) in [5.74, 6) is 10.6. The highest BCUT2D eigenvalue weighted by atomic mass is 28.3. The minimum atomic E-state index is -1.52. The lowest BCUT2D eigenvalue weighted by Gasteiger charge is -2.50. The standard InChI is InChI=1S/C44H74Si/c1-28(2)38-27-40-35(31-20-24-33(25-21-31)44(7,8)9)15-13-17-37(40)42(38)45(10,11)41-29(3)26-39-34(14-12-16-36(39)41)30-18-22-32(23-19-30)43(4,5)6/h20-21,24-25,28-30,32,34-42H,12-19,22-23,26-27H2,1-11H3. The van der Waals surface area contributed by atoms with E-state index in [1.165, 1.54) is 63.4 Å². The maximum atomic E-state index is 2.96. The predicted octanol–water partition coefficient (Wildman–Crippen LogP) is 13.5. The average Bonchev–Trinajstić information content (AvgIpc) is 3.55. The van der Waals surface area contributed by atoms with Crippen LogP contribution in [0.2, 0.25) is 24.2 Å². The van der Waals surface area contributed by atoms with E-state index in [9.17, 15) is 0 Å². The van der Waals surface area contributed by atoms with Crippen LogP contribution in [0.15, 0.2) is 24.3 Å². The van der Waals surface area contributed by atoms with Gasteiger partial charge in [-0.3, -0.25) is 0 Å². The van der Waals surface area contributed by atoms with Crippen LogP contribution in [0.25, 0.3) is 0 Å². The zero-order valence-corrected chi connectivity index (χ0v) is 32.8. The molecule has 0 N–H and O–H groups in total. The molecule has 0 heterocycles. The van der Waals surface area contributed by atoms with Gasteiger partial charge in [-0.25, -0.2) is 0 Å². The molecule has 0 spiro atoms. The fourth-order valence-corrected chi connectivity index (χ4v) is 20.6. The zero-order chi connectivity index (χ0) is 32.5. The van der Waals surface area contributed by atoms with Crippen molar-refractivity contribution in [2.75, 3.05) is 0 Å². The second kappa shape index (κ2) is 12.7. The number of benzene rings is 1. The van der Waals surface area contributed by atoms with Crippen LogP contribution in [0.3, 0.4) is 0 Å². The molecule has 5 fully saturated rings. The molecule has 1 heteroatoms. The molecule has 10 unspecified atom stereocenters. The van der Waals surface area contributed by atoms with Gasteiger partial charge in [0.05, 0.1) is 8.07 Å². The van der Waals surface area contributed by atoms with Gasteiger partial charge < -0.3 is 0 Å². The lowest BCUT2D eigenvalue weighted by molar-refractivity contribution is 0.0637. The molecule has 5 aliphatic carbocycles. The lowest BCUT2D eigenvalue weighted by Crippen LogP contribution is -2.48. The van der Waals surface area contributed by atoms with E-state index >= 15 is 0 Å². The Morgan fingerprint density at radius 1 is 0.644 bits per heavy atom. The lowest BCUT2D eigenvalue weighted by atomic mass is 9.61. The Morgan fingerprint density at radius 3 is 1.80 bits per heavy atom. The molecule has 6 rings (SSSR count). The molecule has 45 heavy (non-hydrogen) atoms. The summed E-state index contributed by atoms with van der Waals surface area (Å²) in [4.78, 5) is 0. The third kappa shape index (κ3) is 6.46. The van der Waals surface area contributed by atoms with Crippen LogP contribution in [0.1, 0.15) is 156 Å². The van der Waals surface area contributed by atoms with Crippen LogP contribution in [-0.2, 0) is 5.41 Å². The van der Waals surface area contributed by atoms with Crippen molar-refractivity contribution in [2.24, 2.45) is 64.6 Å². The molecule has 0 saturated heterocycles. The third-order valence-electron chi connectivity index (χ3n) is 15.9. The Hall–Kier alpha value is -0.563. The van der Waals surface area contributed by atoms with E-state index in [0.29, 0.717) is 5.41 Å². The van der Waals surface area contributed by atoms with Gasteiger partial charge in [-0.2, -0.15) is 0 Å². The number of rotatable bonds is 5. The van der Waals surface area contributed by atoms with E-state index in [0.717, 1.165) is 76.2 Å². The van der Waals surface area contributed by atoms with Crippen molar-refractivity contribution in [3.05, 3.63) is 35.4 Å². The minimum Gasteiger partial charge on any atom is -0.0689 e. The van der Waals surface area contributed by atoms with Gasteiger partial charge in [0.25, 0.3) is 0 Å². The molecule has 1 aromatic rings. The van der Waals surface area contributed by atoms with Gasteiger partial charge in [0, 0.05) is 0 Å². The maximum Gasteiger partial charge on any atom is 0.0547 e.